The van der Waals surface area contributed by atoms with Crippen LogP contribution in [-0.2, 0) is 0 Å². The van der Waals surface area contributed by atoms with Crippen LogP contribution in [0.15, 0.2) is 40.9 Å². The fourth-order valence-corrected chi connectivity index (χ4v) is 4.05. The van der Waals surface area contributed by atoms with Crippen LogP contribution in [0.5, 0.6) is 0 Å². The van der Waals surface area contributed by atoms with E-state index in [4.69, 9.17) is 5.73 Å². The van der Waals surface area contributed by atoms with Crippen molar-refractivity contribution in [2.24, 2.45) is 5.73 Å². The Hall–Kier alpha value is -0.840. The van der Waals surface area contributed by atoms with Gasteiger partial charge in [0.1, 0.15) is 0 Å². The van der Waals surface area contributed by atoms with Crippen molar-refractivity contribution in [1.29, 1.82) is 0 Å². The zero-order valence-corrected chi connectivity index (χ0v) is 11.6. The summed E-state index contributed by atoms with van der Waals surface area (Å²) in [6, 6.07) is 6.35. The summed E-state index contributed by atoms with van der Waals surface area (Å²) in [6.07, 6.45) is 3.64. The second-order valence-corrected chi connectivity index (χ2v) is 6.21. The quantitative estimate of drug-likeness (QED) is 0.857. The van der Waals surface area contributed by atoms with E-state index >= 15 is 0 Å². The second kappa shape index (κ2) is 5.67. The third-order valence-electron chi connectivity index (χ3n) is 2.55. The van der Waals surface area contributed by atoms with Gasteiger partial charge < -0.3 is 5.73 Å². The normalized spacial score (nSPS) is 14.5. The molecule has 0 aliphatic heterocycles. The zero-order valence-electron chi connectivity index (χ0n) is 9.96. The van der Waals surface area contributed by atoms with Crippen molar-refractivity contribution in [2.75, 3.05) is 0 Å². The Morgan fingerprint density at radius 3 is 2.53 bits per heavy atom. The highest BCUT2D eigenvalue weighted by atomic mass is 32.2. The average Bonchev–Trinajstić information content (AvgIpc) is 2.73. The minimum absolute atomic E-state index is 0.130. The van der Waals surface area contributed by atoms with Crippen molar-refractivity contribution in [1.82, 2.24) is 4.98 Å². The molecule has 0 amide bonds. The monoisotopic (exact) mass is 264 g/mol. The molecule has 2 unspecified atom stereocenters. The van der Waals surface area contributed by atoms with Crippen LogP contribution in [0, 0.1) is 6.92 Å². The molecular formula is C13H16N2S2. The van der Waals surface area contributed by atoms with Gasteiger partial charge in [0.25, 0.3) is 0 Å². The van der Waals surface area contributed by atoms with Gasteiger partial charge in [-0.2, -0.15) is 0 Å². The van der Waals surface area contributed by atoms with Gasteiger partial charge in [0.05, 0.1) is 5.25 Å². The predicted molar refractivity (Wildman–Crippen MR) is 75.5 cm³/mol. The maximum atomic E-state index is 6.11. The van der Waals surface area contributed by atoms with E-state index in [0.717, 1.165) is 0 Å². The molecule has 0 aromatic carbocycles. The van der Waals surface area contributed by atoms with E-state index in [1.165, 1.54) is 15.3 Å². The van der Waals surface area contributed by atoms with Crippen molar-refractivity contribution in [3.8, 4) is 0 Å². The molecule has 0 fully saturated rings. The molecular weight excluding hydrogens is 248 g/mol. The van der Waals surface area contributed by atoms with E-state index in [-0.39, 0.29) is 6.04 Å². The lowest BCUT2D eigenvalue weighted by atomic mass is 10.1. The lowest BCUT2D eigenvalue weighted by Crippen LogP contribution is -2.22. The predicted octanol–water partition coefficient (Wildman–Crippen LogP) is 3.63. The highest BCUT2D eigenvalue weighted by Crippen LogP contribution is 2.40. The van der Waals surface area contributed by atoms with E-state index in [1.54, 1.807) is 11.3 Å². The molecule has 2 aromatic rings. The van der Waals surface area contributed by atoms with Crippen LogP contribution in [0.4, 0.5) is 0 Å². The molecule has 2 N–H and O–H groups in total. The lowest BCUT2D eigenvalue weighted by Gasteiger charge is -2.20. The summed E-state index contributed by atoms with van der Waals surface area (Å²) in [7, 11) is 0. The Morgan fingerprint density at radius 2 is 2.00 bits per heavy atom. The number of pyridine rings is 1. The first kappa shape index (κ1) is 12.6. The number of rotatable bonds is 4. The Labute approximate surface area is 110 Å². The number of thiophene rings is 1. The molecule has 4 heteroatoms. The van der Waals surface area contributed by atoms with Crippen molar-refractivity contribution < 1.29 is 0 Å². The van der Waals surface area contributed by atoms with E-state index in [2.05, 4.69) is 30.3 Å². The number of nitrogens with zero attached hydrogens (tertiary/aromatic N) is 1. The van der Waals surface area contributed by atoms with Gasteiger partial charge in [-0.25, -0.2) is 0 Å². The zero-order chi connectivity index (χ0) is 12.3. The van der Waals surface area contributed by atoms with Gasteiger partial charge in [0.15, 0.2) is 0 Å². The van der Waals surface area contributed by atoms with Crippen LogP contribution in [0.3, 0.4) is 0 Å². The first-order valence-corrected chi connectivity index (χ1v) is 7.30. The minimum Gasteiger partial charge on any atom is -0.327 e. The second-order valence-electron chi connectivity index (χ2n) is 4.05. The smallest absolute Gasteiger partial charge is 0.0589 e. The summed E-state index contributed by atoms with van der Waals surface area (Å²) in [4.78, 5) is 6.63. The third kappa shape index (κ3) is 3.09. The van der Waals surface area contributed by atoms with E-state index in [1.807, 2.05) is 36.3 Å². The van der Waals surface area contributed by atoms with Crippen molar-refractivity contribution in [2.45, 2.75) is 30.0 Å². The van der Waals surface area contributed by atoms with Gasteiger partial charge in [-0.3, -0.25) is 4.98 Å². The van der Waals surface area contributed by atoms with Crippen LogP contribution in [-0.4, -0.2) is 11.0 Å². The maximum absolute atomic E-state index is 6.11. The lowest BCUT2D eigenvalue weighted by molar-refractivity contribution is 0.727. The third-order valence-corrected chi connectivity index (χ3v) is 5.26. The molecule has 0 saturated heterocycles. The molecule has 2 heterocycles. The Balaban J connectivity index is 2.23. The summed E-state index contributed by atoms with van der Waals surface area (Å²) in [5.74, 6) is 0. The summed E-state index contributed by atoms with van der Waals surface area (Å²) in [6.45, 7) is 4.21. The molecule has 2 nitrogen and oxygen atoms in total. The summed E-state index contributed by atoms with van der Waals surface area (Å²) >= 11 is 3.60. The van der Waals surface area contributed by atoms with Crippen LogP contribution < -0.4 is 5.73 Å². The number of aryl methyl sites for hydroxylation is 1. The summed E-state index contributed by atoms with van der Waals surface area (Å²) in [5, 5.41) is 2.45. The van der Waals surface area contributed by atoms with Gasteiger partial charge in [-0.1, -0.05) is 0 Å². The van der Waals surface area contributed by atoms with Crippen molar-refractivity contribution >= 4 is 23.1 Å². The van der Waals surface area contributed by atoms with Crippen LogP contribution in [0.25, 0.3) is 0 Å². The number of nitrogens with two attached hydrogens (primary N) is 1. The first-order chi connectivity index (χ1) is 8.18. The van der Waals surface area contributed by atoms with Crippen LogP contribution in [0.2, 0.25) is 0 Å². The molecule has 2 atom stereocenters. The molecule has 0 aliphatic rings. The van der Waals surface area contributed by atoms with E-state index in [9.17, 15) is 0 Å². The molecule has 17 heavy (non-hydrogen) atoms. The SMILES string of the molecule is Cc1ccsc1C(Sc1ccncc1)C(C)N. The van der Waals surface area contributed by atoms with E-state index in [0.29, 0.717) is 5.25 Å². The highest BCUT2D eigenvalue weighted by molar-refractivity contribution is 7.99. The fourth-order valence-electron chi connectivity index (χ4n) is 1.64. The molecule has 0 saturated carbocycles. The summed E-state index contributed by atoms with van der Waals surface area (Å²) in [5.41, 5.74) is 7.45. The topological polar surface area (TPSA) is 38.9 Å². The Kier molecular flexibility index (Phi) is 4.20. The largest absolute Gasteiger partial charge is 0.327 e. The molecule has 2 rings (SSSR count). The Bertz CT molecular complexity index is 465. The Morgan fingerprint density at radius 1 is 1.29 bits per heavy atom. The minimum atomic E-state index is 0.130. The molecule has 2 aromatic heterocycles. The van der Waals surface area contributed by atoms with E-state index < -0.39 is 0 Å². The number of aromatic nitrogens is 1. The highest BCUT2D eigenvalue weighted by Gasteiger charge is 2.20. The number of hydrogen-bond donors (Lipinski definition) is 1. The molecule has 0 radical (unpaired) electrons. The number of hydrogen-bond acceptors (Lipinski definition) is 4. The fraction of sp³-hybridized carbons (Fsp3) is 0.308. The maximum Gasteiger partial charge on any atom is 0.0589 e. The standard InChI is InChI=1S/C13H16N2S2/c1-9-5-8-16-12(9)13(10(2)14)17-11-3-6-15-7-4-11/h3-8,10,13H,14H2,1-2H3. The molecule has 0 aliphatic carbocycles. The molecule has 90 valence electrons. The van der Waals surface area contributed by atoms with Crippen LogP contribution in [0.1, 0.15) is 22.6 Å². The number of thioether (sulfide) groups is 1. The molecule has 0 spiro atoms. The van der Waals surface area contributed by atoms with Crippen molar-refractivity contribution in [3.63, 3.8) is 0 Å². The summed E-state index contributed by atoms with van der Waals surface area (Å²) < 4.78 is 0. The van der Waals surface area contributed by atoms with Gasteiger partial charge in [0, 0.05) is 28.2 Å². The van der Waals surface area contributed by atoms with Gasteiger partial charge in [-0.15, -0.1) is 23.1 Å². The van der Waals surface area contributed by atoms with Crippen molar-refractivity contribution in [3.05, 3.63) is 46.4 Å². The van der Waals surface area contributed by atoms with Gasteiger partial charge >= 0.3 is 0 Å². The van der Waals surface area contributed by atoms with Crippen LogP contribution >= 0.6 is 23.1 Å². The van der Waals surface area contributed by atoms with Gasteiger partial charge in [-0.05, 0) is 43.0 Å². The average molecular weight is 264 g/mol. The van der Waals surface area contributed by atoms with Gasteiger partial charge in [0.2, 0.25) is 0 Å². The molecule has 0 bridgehead atoms. The first-order valence-electron chi connectivity index (χ1n) is 5.54.